The van der Waals surface area contributed by atoms with Gasteiger partial charge in [0.1, 0.15) is 5.75 Å². The van der Waals surface area contributed by atoms with E-state index in [1.807, 2.05) is 0 Å². The highest BCUT2D eigenvalue weighted by Crippen LogP contribution is 2.30. The Hall–Kier alpha value is -2.08. The number of benzene rings is 1. The second-order valence-corrected chi connectivity index (χ2v) is 6.18. The topological polar surface area (TPSA) is 93.5 Å². The Morgan fingerprint density at radius 2 is 1.92 bits per heavy atom. The summed E-state index contributed by atoms with van der Waals surface area (Å²) in [4.78, 5) is 24.5. The molecule has 0 atom stereocenters. The molecule has 1 aliphatic rings. The molecule has 1 aliphatic carbocycles. The molecule has 1 saturated carbocycles. The predicted octanol–water partition coefficient (Wildman–Crippen LogP) is 2.89. The molecular formula is C18H27N3O3. The van der Waals surface area contributed by atoms with Gasteiger partial charge in [-0.15, -0.1) is 0 Å². The first kappa shape index (κ1) is 18.3. The van der Waals surface area contributed by atoms with E-state index in [1.54, 1.807) is 25.3 Å². The minimum atomic E-state index is -0.123. The van der Waals surface area contributed by atoms with Crippen LogP contribution in [-0.4, -0.2) is 25.5 Å². The summed E-state index contributed by atoms with van der Waals surface area (Å²) in [6.07, 6.45) is 6.24. The summed E-state index contributed by atoms with van der Waals surface area (Å²) in [6, 6.07) is 5.25. The van der Waals surface area contributed by atoms with Gasteiger partial charge in [-0.1, -0.05) is 19.3 Å². The van der Waals surface area contributed by atoms with E-state index in [1.165, 1.54) is 6.42 Å². The number of carbonyl (C=O) groups excluding carboxylic acids is 2. The molecule has 6 nitrogen and oxygen atoms in total. The largest absolute Gasteiger partial charge is 0.497 e. The van der Waals surface area contributed by atoms with E-state index in [2.05, 4.69) is 10.6 Å². The fraction of sp³-hybridized carbons (Fsp3) is 0.556. The molecule has 0 heterocycles. The number of hydrogen-bond donors (Lipinski definition) is 3. The van der Waals surface area contributed by atoms with Gasteiger partial charge in [-0.05, 0) is 37.9 Å². The molecule has 2 rings (SSSR count). The highest BCUT2D eigenvalue weighted by Gasteiger charge is 2.22. The number of methoxy groups -OCH3 is 1. The van der Waals surface area contributed by atoms with E-state index in [-0.39, 0.29) is 17.7 Å². The van der Waals surface area contributed by atoms with Crippen LogP contribution >= 0.6 is 0 Å². The Kier molecular flexibility index (Phi) is 7.06. The van der Waals surface area contributed by atoms with E-state index >= 15 is 0 Å². The molecule has 1 aromatic carbocycles. The summed E-state index contributed by atoms with van der Waals surface area (Å²) >= 11 is 0. The van der Waals surface area contributed by atoms with Crippen LogP contribution in [0.5, 0.6) is 5.75 Å². The zero-order chi connectivity index (χ0) is 17.4. The standard InChI is InChI=1S/C18H27N3O3/c1-24-14-9-10-15(16(12-14)20-17(22)8-5-11-19)21-18(23)13-6-3-2-4-7-13/h9-10,12-13H,2-8,11,19H2,1H3,(H,20,22)(H,21,23). The summed E-state index contributed by atoms with van der Waals surface area (Å²) in [5.41, 5.74) is 6.60. The van der Waals surface area contributed by atoms with Crippen molar-refractivity contribution in [2.24, 2.45) is 11.7 Å². The van der Waals surface area contributed by atoms with E-state index in [0.717, 1.165) is 25.7 Å². The van der Waals surface area contributed by atoms with Crippen molar-refractivity contribution < 1.29 is 14.3 Å². The molecular weight excluding hydrogens is 306 g/mol. The van der Waals surface area contributed by atoms with Gasteiger partial charge in [0.2, 0.25) is 11.8 Å². The van der Waals surface area contributed by atoms with Gasteiger partial charge < -0.3 is 21.1 Å². The zero-order valence-electron chi connectivity index (χ0n) is 14.3. The van der Waals surface area contributed by atoms with Crippen LogP contribution in [0.1, 0.15) is 44.9 Å². The average molecular weight is 333 g/mol. The van der Waals surface area contributed by atoms with Gasteiger partial charge in [-0.2, -0.15) is 0 Å². The maximum atomic E-state index is 12.5. The smallest absolute Gasteiger partial charge is 0.227 e. The van der Waals surface area contributed by atoms with Crippen molar-refractivity contribution in [3.05, 3.63) is 18.2 Å². The van der Waals surface area contributed by atoms with Crippen LogP contribution in [-0.2, 0) is 9.59 Å². The third-order valence-corrected chi connectivity index (χ3v) is 4.34. The second kappa shape index (κ2) is 9.27. The Bertz CT molecular complexity index is 569. The molecule has 1 aromatic rings. The van der Waals surface area contributed by atoms with Gasteiger partial charge in [0.25, 0.3) is 0 Å². The first-order chi connectivity index (χ1) is 11.6. The molecule has 0 bridgehead atoms. The van der Waals surface area contributed by atoms with E-state index in [4.69, 9.17) is 10.5 Å². The van der Waals surface area contributed by atoms with Crippen molar-refractivity contribution >= 4 is 23.2 Å². The lowest BCUT2D eigenvalue weighted by Crippen LogP contribution is -2.25. The third-order valence-electron chi connectivity index (χ3n) is 4.34. The van der Waals surface area contributed by atoms with Crippen LogP contribution in [0.15, 0.2) is 18.2 Å². The number of ether oxygens (including phenoxy) is 1. The van der Waals surface area contributed by atoms with Gasteiger partial charge >= 0.3 is 0 Å². The van der Waals surface area contributed by atoms with Gasteiger partial charge in [0.15, 0.2) is 0 Å². The van der Waals surface area contributed by atoms with Crippen LogP contribution in [0.2, 0.25) is 0 Å². The van der Waals surface area contributed by atoms with E-state index in [0.29, 0.717) is 36.5 Å². The first-order valence-electron chi connectivity index (χ1n) is 8.63. The lowest BCUT2D eigenvalue weighted by Gasteiger charge is -2.22. The van der Waals surface area contributed by atoms with Gasteiger partial charge in [0, 0.05) is 18.4 Å². The Balaban J connectivity index is 2.09. The van der Waals surface area contributed by atoms with Crippen molar-refractivity contribution in [3.63, 3.8) is 0 Å². The van der Waals surface area contributed by atoms with Crippen molar-refractivity contribution in [2.45, 2.75) is 44.9 Å². The fourth-order valence-electron chi connectivity index (χ4n) is 2.94. The SMILES string of the molecule is COc1ccc(NC(=O)C2CCCCC2)c(NC(=O)CCCN)c1. The third kappa shape index (κ3) is 5.23. The van der Waals surface area contributed by atoms with Crippen LogP contribution in [0.25, 0.3) is 0 Å². The molecule has 1 fully saturated rings. The van der Waals surface area contributed by atoms with Gasteiger partial charge in [-0.25, -0.2) is 0 Å². The molecule has 0 aliphatic heterocycles. The number of amides is 2. The number of anilines is 2. The number of hydrogen-bond acceptors (Lipinski definition) is 4. The average Bonchev–Trinajstić information content (AvgIpc) is 2.62. The monoisotopic (exact) mass is 333 g/mol. The van der Waals surface area contributed by atoms with Crippen LogP contribution in [0.3, 0.4) is 0 Å². The van der Waals surface area contributed by atoms with E-state index < -0.39 is 0 Å². The summed E-state index contributed by atoms with van der Waals surface area (Å²) < 4.78 is 5.21. The van der Waals surface area contributed by atoms with Crippen LogP contribution in [0.4, 0.5) is 11.4 Å². The maximum absolute atomic E-state index is 12.5. The molecule has 0 aromatic heterocycles. The van der Waals surface area contributed by atoms with Crippen molar-refractivity contribution in [3.8, 4) is 5.75 Å². The highest BCUT2D eigenvalue weighted by atomic mass is 16.5. The van der Waals surface area contributed by atoms with Crippen molar-refractivity contribution in [1.82, 2.24) is 0 Å². The second-order valence-electron chi connectivity index (χ2n) is 6.18. The van der Waals surface area contributed by atoms with Crippen LogP contribution in [0, 0.1) is 5.92 Å². The van der Waals surface area contributed by atoms with Gasteiger partial charge in [0.05, 0.1) is 18.5 Å². The minimum absolute atomic E-state index is 0.0253. The normalized spacial score (nSPS) is 14.9. The summed E-state index contributed by atoms with van der Waals surface area (Å²) in [5.74, 6) is 0.584. The Labute approximate surface area is 143 Å². The molecule has 0 spiro atoms. The lowest BCUT2D eigenvalue weighted by molar-refractivity contribution is -0.120. The lowest BCUT2D eigenvalue weighted by atomic mass is 9.88. The molecule has 2 amide bonds. The Morgan fingerprint density at radius 3 is 2.58 bits per heavy atom. The first-order valence-corrected chi connectivity index (χ1v) is 8.63. The fourth-order valence-corrected chi connectivity index (χ4v) is 2.94. The predicted molar refractivity (Wildman–Crippen MR) is 95.1 cm³/mol. The quantitative estimate of drug-likeness (QED) is 0.715. The molecule has 132 valence electrons. The number of nitrogens with two attached hydrogens (primary N) is 1. The van der Waals surface area contributed by atoms with Crippen molar-refractivity contribution in [2.75, 3.05) is 24.3 Å². The maximum Gasteiger partial charge on any atom is 0.227 e. The Morgan fingerprint density at radius 1 is 1.17 bits per heavy atom. The summed E-state index contributed by atoms with van der Waals surface area (Å²) in [7, 11) is 1.57. The van der Waals surface area contributed by atoms with Crippen LogP contribution < -0.4 is 21.1 Å². The number of nitrogens with one attached hydrogen (secondary N) is 2. The summed E-state index contributed by atoms with van der Waals surface area (Å²) in [5, 5.41) is 5.80. The minimum Gasteiger partial charge on any atom is -0.497 e. The van der Waals surface area contributed by atoms with Crippen molar-refractivity contribution in [1.29, 1.82) is 0 Å². The number of carbonyl (C=O) groups is 2. The number of rotatable bonds is 7. The summed E-state index contributed by atoms with van der Waals surface area (Å²) in [6.45, 7) is 0.469. The molecule has 4 N–H and O–H groups in total. The molecule has 24 heavy (non-hydrogen) atoms. The molecule has 6 heteroatoms. The van der Waals surface area contributed by atoms with E-state index in [9.17, 15) is 9.59 Å². The molecule has 0 saturated heterocycles. The highest BCUT2D eigenvalue weighted by molar-refractivity contribution is 6.00. The molecule has 0 unspecified atom stereocenters. The van der Waals surface area contributed by atoms with Gasteiger partial charge in [-0.3, -0.25) is 9.59 Å². The molecule has 0 radical (unpaired) electrons. The zero-order valence-corrected chi connectivity index (χ0v) is 14.3.